The van der Waals surface area contributed by atoms with Gasteiger partial charge in [0.05, 0.1) is 5.56 Å². The van der Waals surface area contributed by atoms with E-state index in [0.29, 0.717) is 0 Å². The third-order valence-corrected chi connectivity index (χ3v) is 4.55. The second-order valence-corrected chi connectivity index (χ2v) is 11.8. The molecule has 1 aromatic heterocycles. The highest BCUT2D eigenvalue weighted by Gasteiger charge is 2.14. The minimum atomic E-state index is -1.45. The number of hydrogen-bond donors (Lipinski definition) is 0. The van der Waals surface area contributed by atoms with Crippen molar-refractivity contribution in [2.45, 2.75) is 26.6 Å². The minimum Gasteiger partial charge on any atom is -0.455 e. The van der Waals surface area contributed by atoms with Gasteiger partial charge in [-0.05, 0) is 6.92 Å². The van der Waals surface area contributed by atoms with E-state index in [1.54, 1.807) is 0 Å². The average molecular weight is 331 g/mol. The first-order valence-corrected chi connectivity index (χ1v) is 11.7. The van der Waals surface area contributed by atoms with Gasteiger partial charge in [0, 0.05) is 17.2 Å². The highest BCUT2D eigenvalue weighted by atomic mass is 28.3. The lowest BCUT2D eigenvalue weighted by molar-refractivity contribution is 0.597. The molecule has 0 atom stereocenters. The van der Waals surface area contributed by atoms with Crippen LogP contribution in [0.25, 0.3) is 22.6 Å². The molecule has 0 saturated heterocycles. The molecule has 2 heteroatoms. The van der Waals surface area contributed by atoms with E-state index in [0.717, 1.165) is 28.2 Å². The van der Waals surface area contributed by atoms with Crippen molar-refractivity contribution in [2.24, 2.45) is 0 Å². The lowest BCUT2D eigenvalue weighted by atomic mass is 10.1. The molecule has 2 aromatic carbocycles. The zero-order valence-corrected chi connectivity index (χ0v) is 15.7. The van der Waals surface area contributed by atoms with Gasteiger partial charge in [0.25, 0.3) is 0 Å². The first-order valence-electron chi connectivity index (χ1n) is 8.22. The third-order valence-electron chi connectivity index (χ3n) is 3.68. The standard InChI is InChI=1S/C22H22OSi/c1-17-10-12-19(13-11-17)22-20(14-15-24(2,3)4)16-21(23-22)18-8-6-5-7-9-18/h5-13,16H,1-4H3. The summed E-state index contributed by atoms with van der Waals surface area (Å²) in [7, 11) is -1.45. The summed E-state index contributed by atoms with van der Waals surface area (Å²) in [6, 6.07) is 20.7. The van der Waals surface area contributed by atoms with E-state index in [2.05, 4.69) is 80.5 Å². The Morgan fingerprint density at radius 2 is 1.50 bits per heavy atom. The molecule has 0 fully saturated rings. The first-order chi connectivity index (χ1) is 11.4. The van der Waals surface area contributed by atoms with Crippen LogP contribution in [0.15, 0.2) is 65.1 Å². The first kappa shape index (κ1) is 16.4. The van der Waals surface area contributed by atoms with E-state index in [1.807, 2.05) is 18.2 Å². The molecule has 0 N–H and O–H groups in total. The largest absolute Gasteiger partial charge is 0.455 e. The van der Waals surface area contributed by atoms with Crippen LogP contribution in [0.5, 0.6) is 0 Å². The summed E-state index contributed by atoms with van der Waals surface area (Å²) in [5.74, 6) is 5.10. The number of benzene rings is 2. The normalized spacial score (nSPS) is 11.0. The van der Waals surface area contributed by atoms with Gasteiger partial charge in [-0.2, -0.15) is 0 Å². The Labute approximate surface area is 145 Å². The van der Waals surface area contributed by atoms with Gasteiger partial charge < -0.3 is 4.42 Å². The summed E-state index contributed by atoms with van der Waals surface area (Å²) in [4.78, 5) is 0. The number of aryl methyl sites for hydroxylation is 1. The summed E-state index contributed by atoms with van der Waals surface area (Å²) in [5.41, 5.74) is 7.81. The molecule has 3 rings (SSSR count). The van der Waals surface area contributed by atoms with Crippen molar-refractivity contribution in [3.63, 3.8) is 0 Å². The molecule has 0 amide bonds. The van der Waals surface area contributed by atoms with Crippen molar-refractivity contribution in [1.82, 2.24) is 0 Å². The quantitative estimate of drug-likeness (QED) is 0.405. The lowest BCUT2D eigenvalue weighted by Crippen LogP contribution is -2.16. The molecule has 0 aliphatic heterocycles. The van der Waals surface area contributed by atoms with E-state index in [-0.39, 0.29) is 0 Å². The molecule has 24 heavy (non-hydrogen) atoms. The van der Waals surface area contributed by atoms with Crippen molar-refractivity contribution in [3.05, 3.63) is 71.8 Å². The maximum absolute atomic E-state index is 6.20. The topological polar surface area (TPSA) is 13.1 Å². The molecule has 120 valence electrons. The fourth-order valence-electron chi connectivity index (χ4n) is 2.40. The van der Waals surface area contributed by atoms with Crippen LogP contribution >= 0.6 is 0 Å². The highest BCUT2D eigenvalue weighted by molar-refractivity contribution is 6.83. The van der Waals surface area contributed by atoms with Crippen molar-refractivity contribution in [3.8, 4) is 34.1 Å². The predicted molar refractivity (Wildman–Crippen MR) is 105 cm³/mol. The molecule has 0 bridgehead atoms. The Bertz CT molecular complexity index is 885. The maximum atomic E-state index is 6.20. The van der Waals surface area contributed by atoms with Crippen LogP contribution in [0.2, 0.25) is 19.6 Å². The van der Waals surface area contributed by atoms with Gasteiger partial charge in [0.1, 0.15) is 19.6 Å². The molecular weight excluding hydrogens is 308 g/mol. The summed E-state index contributed by atoms with van der Waals surface area (Å²) < 4.78 is 6.20. The predicted octanol–water partition coefficient (Wildman–Crippen LogP) is 6.15. The maximum Gasteiger partial charge on any atom is 0.150 e. The second-order valence-electron chi connectivity index (χ2n) is 7.09. The monoisotopic (exact) mass is 330 g/mol. The van der Waals surface area contributed by atoms with Crippen LogP contribution in [0.3, 0.4) is 0 Å². The van der Waals surface area contributed by atoms with Crippen LogP contribution in [-0.4, -0.2) is 8.07 Å². The summed E-state index contributed by atoms with van der Waals surface area (Å²) in [5, 5.41) is 0. The Hall–Kier alpha value is -2.50. The van der Waals surface area contributed by atoms with E-state index < -0.39 is 8.07 Å². The van der Waals surface area contributed by atoms with Crippen LogP contribution in [0.1, 0.15) is 11.1 Å². The Kier molecular flexibility index (Phi) is 4.46. The molecular formula is C22H22OSi. The Morgan fingerprint density at radius 1 is 0.833 bits per heavy atom. The van der Waals surface area contributed by atoms with Gasteiger partial charge in [-0.15, -0.1) is 5.54 Å². The van der Waals surface area contributed by atoms with Crippen LogP contribution in [-0.2, 0) is 0 Å². The van der Waals surface area contributed by atoms with Gasteiger partial charge in [0.15, 0.2) is 0 Å². The third kappa shape index (κ3) is 3.87. The SMILES string of the molecule is Cc1ccc(-c2oc(-c3ccccc3)cc2C#C[Si](C)(C)C)cc1. The second kappa shape index (κ2) is 6.55. The van der Waals surface area contributed by atoms with E-state index in [9.17, 15) is 0 Å². The van der Waals surface area contributed by atoms with Crippen molar-refractivity contribution in [2.75, 3.05) is 0 Å². The van der Waals surface area contributed by atoms with Gasteiger partial charge in [-0.25, -0.2) is 0 Å². The zero-order chi connectivity index (χ0) is 17.2. The molecule has 3 aromatic rings. The average Bonchev–Trinajstić information content (AvgIpc) is 2.98. The summed E-state index contributed by atoms with van der Waals surface area (Å²) in [6.07, 6.45) is 0. The Morgan fingerprint density at radius 3 is 2.12 bits per heavy atom. The molecule has 0 unspecified atom stereocenters. The van der Waals surface area contributed by atoms with Crippen molar-refractivity contribution in [1.29, 1.82) is 0 Å². The van der Waals surface area contributed by atoms with Crippen LogP contribution in [0, 0.1) is 18.4 Å². The fraction of sp³-hybridized carbons (Fsp3) is 0.182. The van der Waals surface area contributed by atoms with E-state index in [4.69, 9.17) is 4.42 Å². The van der Waals surface area contributed by atoms with Gasteiger partial charge in [-0.3, -0.25) is 0 Å². The molecule has 0 saturated carbocycles. The minimum absolute atomic E-state index is 0.861. The smallest absolute Gasteiger partial charge is 0.150 e. The van der Waals surface area contributed by atoms with Crippen molar-refractivity contribution >= 4 is 8.07 Å². The van der Waals surface area contributed by atoms with E-state index in [1.165, 1.54) is 5.56 Å². The summed E-state index contributed by atoms with van der Waals surface area (Å²) in [6.45, 7) is 8.85. The van der Waals surface area contributed by atoms with Gasteiger partial charge in [-0.1, -0.05) is 85.7 Å². The van der Waals surface area contributed by atoms with Crippen molar-refractivity contribution < 1.29 is 4.42 Å². The highest BCUT2D eigenvalue weighted by Crippen LogP contribution is 2.32. The molecule has 0 aliphatic carbocycles. The number of furan rings is 1. The molecule has 0 radical (unpaired) electrons. The molecule has 1 nitrogen and oxygen atoms in total. The van der Waals surface area contributed by atoms with Crippen LogP contribution in [0.4, 0.5) is 0 Å². The zero-order valence-electron chi connectivity index (χ0n) is 14.7. The molecule has 0 spiro atoms. The van der Waals surface area contributed by atoms with E-state index >= 15 is 0 Å². The van der Waals surface area contributed by atoms with Gasteiger partial charge >= 0.3 is 0 Å². The fourth-order valence-corrected chi connectivity index (χ4v) is 2.91. The lowest BCUT2D eigenvalue weighted by Gasteiger charge is -2.03. The van der Waals surface area contributed by atoms with Crippen LogP contribution < -0.4 is 0 Å². The molecule has 1 heterocycles. The molecule has 0 aliphatic rings. The Balaban J connectivity index is 2.12. The number of hydrogen-bond acceptors (Lipinski definition) is 1. The van der Waals surface area contributed by atoms with Gasteiger partial charge in [0.2, 0.25) is 0 Å². The summed E-state index contributed by atoms with van der Waals surface area (Å²) >= 11 is 0. The number of rotatable bonds is 2.